The lowest BCUT2D eigenvalue weighted by molar-refractivity contribution is -0.149. The van der Waals surface area contributed by atoms with E-state index in [0.29, 0.717) is 32.5 Å². The number of carbonyl (C=O) groups excluding carboxylic acids is 2. The number of likely N-dealkylation sites (tertiary alicyclic amines) is 1. The van der Waals surface area contributed by atoms with Crippen LogP contribution in [0.15, 0.2) is 24.3 Å². The molecule has 0 radical (unpaired) electrons. The van der Waals surface area contributed by atoms with Crippen molar-refractivity contribution in [3.8, 4) is 5.75 Å². The van der Waals surface area contributed by atoms with Gasteiger partial charge in [-0.2, -0.15) is 8.78 Å². The summed E-state index contributed by atoms with van der Waals surface area (Å²) in [5.74, 6) is -0.724. The molecular formula is C18H24F2N2O4. The molecule has 1 aliphatic heterocycles. The van der Waals surface area contributed by atoms with Crippen LogP contribution >= 0.6 is 0 Å². The summed E-state index contributed by atoms with van der Waals surface area (Å²) in [7, 11) is 0. The van der Waals surface area contributed by atoms with Crippen LogP contribution in [-0.2, 0) is 14.3 Å². The first kappa shape index (κ1) is 20.1. The Bertz CT molecular complexity index is 619. The number of ether oxygens (including phenoxy) is 2. The fraction of sp³-hybridized carbons (Fsp3) is 0.556. The van der Waals surface area contributed by atoms with Gasteiger partial charge in [0.25, 0.3) is 0 Å². The van der Waals surface area contributed by atoms with Crippen LogP contribution in [0, 0.1) is 5.92 Å². The van der Waals surface area contributed by atoms with Gasteiger partial charge >= 0.3 is 12.6 Å². The molecule has 1 heterocycles. The highest BCUT2D eigenvalue weighted by molar-refractivity contribution is 5.95. The van der Waals surface area contributed by atoms with Crippen molar-refractivity contribution in [3.05, 3.63) is 24.3 Å². The average molecular weight is 370 g/mol. The van der Waals surface area contributed by atoms with Crippen LogP contribution in [0.5, 0.6) is 5.75 Å². The molecule has 0 unspecified atom stereocenters. The molecule has 0 spiro atoms. The lowest BCUT2D eigenvalue weighted by atomic mass is 9.96. The minimum absolute atomic E-state index is 0.0796. The molecule has 1 fully saturated rings. The number of anilines is 1. The Morgan fingerprint density at radius 2 is 1.92 bits per heavy atom. The fourth-order valence-corrected chi connectivity index (χ4v) is 2.95. The predicted molar refractivity (Wildman–Crippen MR) is 92.1 cm³/mol. The smallest absolute Gasteiger partial charge is 0.387 e. The van der Waals surface area contributed by atoms with Crippen LogP contribution in [0.2, 0.25) is 0 Å². The molecule has 0 bridgehead atoms. The maximum Gasteiger partial charge on any atom is 0.387 e. The number of esters is 1. The van der Waals surface area contributed by atoms with Crippen molar-refractivity contribution < 1.29 is 27.8 Å². The first-order chi connectivity index (χ1) is 12.4. The van der Waals surface area contributed by atoms with E-state index in [1.165, 1.54) is 12.1 Å². The molecule has 8 heteroatoms. The van der Waals surface area contributed by atoms with Gasteiger partial charge in [-0.15, -0.1) is 0 Å². The van der Waals surface area contributed by atoms with Gasteiger partial charge in [-0.25, -0.2) is 0 Å². The third kappa shape index (κ3) is 5.39. The number of alkyl halides is 2. The van der Waals surface area contributed by atoms with Gasteiger partial charge < -0.3 is 14.8 Å². The summed E-state index contributed by atoms with van der Waals surface area (Å²) in [5, 5.41) is 2.64. The van der Waals surface area contributed by atoms with Gasteiger partial charge in [0.1, 0.15) is 5.75 Å². The second-order valence-corrected chi connectivity index (χ2v) is 6.10. The third-order valence-corrected chi connectivity index (χ3v) is 4.44. The van der Waals surface area contributed by atoms with E-state index in [2.05, 4.69) is 10.1 Å². The second kappa shape index (κ2) is 9.47. The van der Waals surface area contributed by atoms with Crippen LogP contribution in [0.25, 0.3) is 0 Å². The fourth-order valence-electron chi connectivity index (χ4n) is 2.95. The molecule has 1 aliphatic rings. The number of benzene rings is 1. The Morgan fingerprint density at radius 3 is 2.54 bits per heavy atom. The van der Waals surface area contributed by atoms with Crippen molar-refractivity contribution >= 4 is 17.6 Å². The zero-order valence-corrected chi connectivity index (χ0v) is 14.9. The summed E-state index contributed by atoms with van der Waals surface area (Å²) in [5.41, 5.74) is 0.200. The normalized spacial score (nSPS) is 17.0. The SMILES string of the molecule is CCOC(=O)C1CCN([C@H](C)C(=O)Nc2ccccc2OC(F)F)CC1. The molecule has 0 aromatic heterocycles. The van der Waals surface area contributed by atoms with Gasteiger partial charge in [0, 0.05) is 0 Å². The molecule has 1 amide bonds. The lowest BCUT2D eigenvalue weighted by Crippen LogP contribution is -2.47. The molecule has 1 saturated heterocycles. The molecule has 6 nitrogen and oxygen atoms in total. The number of halogens is 2. The zero-order chi connectivity index (χ0) is 19.1. The van der Waals surface area contributed by atoms with Gasteiger partial charge in [0.2, 0.25) is 5.91 Å². The molecular weight excluding hydrogens is 346 g/mol. The van der Waals surface area contributed by atoms with E-state index in [9.17, 15) is 18.4 Å². The minimum Gasteiger partial charge on any atom is -0.466 e. The minimum atomic E-state index is -2.97. The predicted octanol–water partition coefficient (Wildman–Crippen LogP) is 2.89. The molecule has 144 valence electrons. The van der Waals surface area contributed by atoms with Crippen molar-refractivity contribution in [2.24, 2.45) is 5.92 Å². The molecule has 0 aliphatic carbocycles. The largest absolute Gasteiger partial charge is 0.466 e. The van der Waals surface area contributed by atoms with Crippen molar-refractivity contribution in [3.63, 3.8) is 0 Å². The van der Waals surface area contributed by atoms with E-state index in [0.717, 1.165) is 0 Å². The Hall–Kier alpha value is -2.22. The topological polar surface area (TPSA) is 67.9 Å². The van der Waals surface area contributed by atoms with Crippen LogP contribution in [0.1, 0.15) is 26.7 Å². The van der Waals surface area contributed by atoms with E-state index in [-0.39, 0.29) is 29.2 Å². The number of nitrogens with one attached hydrogen (secondary N) is 1. The van der Waals surface area contributed by atoms with E-state index in [1.807, 2.05) is 4.90 Å². The first-order valence-electron chi connectivity index (χ1n) is 8.67. The van der Waals surface area contributed by atoms with E-state index in [4.69, 9.17) is 4.74 Å². The highest BCUT2D eigenvalue weighted by Crippen LogP contribution is 2.26. The average Bonchev–Trinajstić information content (AvgIpc) is 2.62. The molecule has 2 rings (SSSR count). The number of rotatable bonds is 7. The Morgan fingerprint density at radius 1 is 1.27 bits per heavy atom. The molecule has 1 atom stereocenters. The van der Waals surface area contributed by atoms with E-state index in [1.54, 1.807) is 26.0 Å². The summed E-state index contributed by atoms with van der Waals surface area (Å²) in [4.78, 5) is 26.2. The van der Waals surface area contributed by atoms with Gasteiger partial charge in [0.05, 0.1) is 24.3 Å². The monoisotopic (exact) mass is 370 g/mol. The van der Waals surface area contributed by atoms with Crippen LogP contribution in [0.4, 0.5) is 14.5 Å². The van der Waals surface area contributed by atoms with Crippen molar-refractivity contribution in [2.75, 3.05) is 25.0 Å². The maximum atomic E-state index is 12.5. The molecule has 26 heavy (non-hydrogen) atoms. The van der Waals surface area contributed by atoms with Gasteiger partial charge in [-0.1, -0.05) is 12.1 Å². The number of piperidine rings is 1. The zero-order valence-electron chi connectivity index (χ0n) is 14.9. The van der Waals surface area contributed by atoms with Crippen molar-refractivity contribution in [1.82, 2.24) is 4.90 Å². The van der Waals surface area contributed by atoms with Crippen LogP contribution in [-0.4, -0.2) is 49.1 Å². The number of amides is 1. The second-order valence-electron chi connectivity index (χ2n) is 6.10. The van der Waals surface area contributed by atoms with Gasteiger partial charge in [-0.05, 0) is 51.9 Å². The molecule has 1 aromatic carbocycles. The lowest BCUT2D eigenvalue weighted by Gasteiger charge is -2.34. The van der Waals surface area contributed by atoms with Crippen molar-refractivity contribution in [1.29, 1.82) is 0 Å². The first-order valence-corrected chi connectivity index (χ1v) is 8.67. The van der Waals surface area contributed by atoms with Crippen LogP contribution in [0.3, 0.4) is 0 Å². The highest BCUT2D eigenvalue weighted by atomic mass is 19.3. The quantitative estimate of drug-likeness (QED) is 0.748. The molecule has 1 N–H and O–H groups in total. The van der Waals surface area contributed by atoms with Gasteiger partial charge in [-0.3, -0.25) is 14.5 Å². The summed E-state index contributed by atoms with van der Waals surface area (Å²) in [6.45, 7) is 2.09. The summed E-state index contributed by atoms with van der Waals surface area (Å²) >= 11 is 0. The maximum absolute atomic E-state index is 12.5. The van der Waals surface area contributed by atoms with Crippen LogP contribution < -0.4 is 10.1 Å². The Balaban J connectivity index is 1.92. The highest BCUT2D eigenvalue weighted by Gasteiger charge is 2.30. The molecule has 1 aromatic rings. The third-order valence-electron chi connectivity index (χ3n) is 4.44. The number of carbonyl (C=O) groups is 2. The number of para-hydroxylation sites is 2. The summed E-state index contributed by atoms with van der Waals surface area (Å²) < 4.78 is 34.4. The summed E-state index contributed by atoms with van der Waals surface area (Å²) in [6, 6.07) is 5.60. The number of hydrogen-bond donors (Lipinski definition) is 1. The van der Waals surface area contributed by atoms with Crippen molar-refractivity contribution in [2.45, 2.75) is 39.3 Å². The molecule has 0 saturated carbocycles. The number of nitrogens with zero attached hydrogens (tertiary/aromatic N) is 1. The Labute approximate surface area is 151 Å². The Kier molecular flexibility index (Phi) is 7.32. The number of hydrogen-bond acceptors (Lipinski definition) is 5. The summed E-state index contributed by atoms with van der Waals surface area (Å²) in [6.07, 6.45) is 1.25. The standard InChI is InChI=1S/C18H24F2N2O4/c1-3-25-17(24)13-8-10-22(11-9-13)12(2)16(23)21-14-6-4-5-7-15(14)26-18(19)20/h4-7,12-13,18H,3,8-11H2,1-2H3,(H,21,23)/t12-/m1/s1. The van der Waals surface area contributed by atoms with E-state index < -0.39 is 12.7 Å². The van der Waals surface area contributed by atoms with Gasteiger partial charge in [0.15, 0.2) is 0 Å². The van der Waals surface area contributed by atoms with E-state index >= 15 is 0 Å².